The fraction of sp³-hybridized carbons (Fsp3) is 0.786. The minimum Gasteiger partial charge on any atom is -0.480 e. The van der Waals surface area contributed by atoms with Crippen molar-refractivity contribution < 1.29 is 19.5 Å². The Labute approximate surface area is 129 Å². The summed E-state index contributed by atoms with van der Waals surface area (Å²) in [6, 6.07) is -0.517. The van der Waals surface area contributed by atoms with E-state index in [1.807, 2.05) is 11.9 Å². The number of hydrogen-bond donors (Lipinski definition) is 2. The topological polar surface area (TPSA) is 86.7 Å². The van der Waals surface area contributed by atoms with Crippen LogP contribution in [-0.4, -0.2) is 58.9 Å². The molecule has 21 heavy (non-hydrogen) atoms. The van der Waals surface area contributed by atoms with Crippen LogP contribution in [-0.2, 0) is 14.4 Å². The Kier molecular flexibility index (Phi) is 8.19. The molecule has 120 valence electrons. The molecule has 2 N–H and O–H groups in total. The number of nitrogens with one attached hydrogen (secondary N) is 1. The van der Waals surface area contributed by atoms with Crippen molar-refractivity contribution in [2.75, 3.05) is 18.6 Å². The van der Waals surface area contributed by atoms with E-state index in [2.05, 4.69) is 5.32 Å². The Morgan fingerprint density at radius 3 is 2.62 bits per heavy atom. The standard InChI is InChI=1S/C14H24N2O4S/c1-16(11-5-3-2-4-6-11)13(18)9-21-8-7-12(14(19)20)15-10-17/h10-12H,2-9H2,1H3,(H,15,17)(H,19,20). The number of nitrogens with zero attached hydrogens (tertiary/aromatic N) is 1. The molecular weight excluding hydrogens is 292 g/mol. The minimum absolute atomic E-state index is 0.0992. The van der Waals surface area contributed by atoms with Gasteiger partial charge < -0.3 is 15.3 Å². The first-order chi connectivity index (χ1) is 10.1. The average molecular weight is 316 g/mol. The van der Waals surface area contributed by atoms with Crippen LogP contribution in [0.5, 0.6) is 0 Å². The van der Waals surface area contributed by atoms with Gasteiger partial charge in [-0.25, -0.2) is 4.79 Å². The summed E-state index contributed by atoms with van der Waals surface area (Å²) in [5, 5.41) is 11.1. The van der Waals surface area contributed by atoms with Crippen molar-refractivity contribution in [1.82, 2.24) is 10.2 Å². The van der Waals surface area contributed by atoms with Crippen molar-refractivity contribution in [3.8, 4) is 0 Å². The molecule has 0 aromatic rings. The number of rotatable bonds is 9. The molecule has 0 spiro atoms. The first kappa shape index (κ1) is 17.8. The lowest BCUT2D eigenvalue weighted by Gasteiger charge is -2.31. The second-order valence-electron chi connectivity index (χ2n) is 5.31. The number of carbonyl (C=O) groups is 3. The highest BCUT2D eigenvalue weighted by atomic mass is 32.2. The van der Waals surface area contributed by atoms with Gasteiger partial charge in [-0.2, -0.15) is 11.8 Å². The lowest BCUT2D eigenvalue weighted by atomic mass is 9.94. The number of carboxylic acid groups (broad SMARTS) is 1. The minimum atomic E-state index is -1.05. The van der Waals surface area contributed by atoms with Crippen LogP contribution in [0.1, 0.15) is 38.5 Å². The summed E-state index contributed by atoms with van der Waals surface area (Å²) in [6.07, 6.45) is 6.51. The van der Waals surface area contributed by atoms with Crippen molar-refractivity contribution in [1.29, 1.82) is 0 Å². The molecule has 1 aliphatic carbocycles. The Hall–Kier alpha value is -1.24. The third-order valence-electron chi connectivity index (χ3n) is 3.86. The van der Waals surface area contributed by atoms with Gasteiger partial charge in [0.15, 0.2) is 0 Å². The molecule has 1 fully saturated rings. The van der Waals surface area contributed by atoms with E-state index in [1.54, 1.807) is 0 Å². The van der Waals surface area contributed by atoms with Gasteiger partial charge in [0.05, 0.1) is 5.75 Å². The number of carbonyl (C=O) groups excluding carboxylic acids is 2. The van der Waals surface area contributed by atoms with Crippen LogP contribution in [0.2, 0.25) is 0 Å². The molecule has 0 aliphatic heterocycles. The lowest BCUT2D eigenvalue weighted by molar-refractivity contribution is -0.140. The van der Waals surface area contributed by atoms with Crippen molar-refractivity contribution in [2.24, 2.45) is 0 Å². The van der Waals surface area contributed by atoms with Crippen LogP contribution >= 0.6 is 11.8 Å². The first-order valence-electron chi connectivity index (χ1n) is 7.32. The number of amides is 2. The van der Waals surface area contributed by atoms with Crippen molar-refractivity contribution >= 4 is 30.0 Å². The van der Waals surface area contributed by atoms with E-state index in [-0.39, 0.29) is 5.91 Å². The molecule has 0 aromatic carbocycles. The number of aliphatic carboxylic acids is 1. The monoisotopic (exact) mass is 316 g/mol. The van der Waals surface area contributed by atoms with Gasteiger partial charge in [-0.3, -0.25) is 9.59 Å². The van der Waals surface area contributed by atoms with E-state index >= 15 is 0 Å². The smallest absolute Gasteiger partial charge is 0.326 e. The van der Waals surface area contributed by atoms with E-state index < -0.39 is 12.0 Å². The summed E-state index contributed by atoms with van der Waals surface area (Å²) in [5.74, 6) is -0.0573. The zero-order valence-corrected chi connectivity index (χ0v) is 13.2. The predicted octanol–water partition coefficient (Wildman–Crippen LogP) is 1.10. The molecule has 1 aliphatic rings. The normalized spacial score (nSPS) is 17.0. The van der Waals surface area contributed by atoms with E-state index in [0.717, 1.165) is 12.8 Å². The zero-order chi connectivity index (χ0) is 15.7. The summed E-state index contributed by atoms with van der Waals surface area (Å²) >= 11 is 1.41. The molecule has 0 radical (unpaired) electrons. The van der Waals surface area contributed by atoms with Crippen LogP contribution in [0.15, 0.2) is 0 Å². The quantitative estimate of drug-likeness (QED) is 0.491. The Bertz CT molecular complexity index is 359. The number of thioether (sulfide) groups is 1. The van der Waals surface area contributed by atoms with E-state index in [1.165, 1.54) is 31.0 Å². The summed E-state index contributed by atoms with van der Waals surface area (Å²) in [5.41, 5.74) is 0. The van der Waals surface area contributed by atoms with Gasteiger partial charge in [-0.1, -0.05) is 19.3 Å². The molecule has 1 rings (SSSR count). The van der Waals surface area contributed by atoms with Crippen LogP contribution in [0.4, 0.5) is 0 Å². The summed E-state index contributed by atoms with van der Waals surface area (Å²) in [7, 11) is 1.85. The first-order valence-corrected chi connectivity index (χ1v) is 8.47. The van der Waals surface area contributed by atoms with Crippen LogP contribution in [0.3, 0.4) is 0 Å². The Morgan fingerprint density at radius 2 is 2.05 bits per heavy atom. The van der Waals surface area contributed by atoms with Gasteiger partial charge in [0.25, 0.3) is 0 Å². The molecular formula is C14H24N2O4S. The fourth-order valence-corrected chi connectivity index (χ4v) is 3.42. The lowest BCUT2D eigenvalue weighted by Crippen LogP contribution is -2.39. The SMILES string of the molecule is CN(C(=O)CSCCC(NC=O)C(=O)O)C1CCCCC1. The highest BCUT2D eigenvalue weighted by molar-refractivity contribution is 7.99. The molecule has 1 unspecified atom stereocenters. The van der Waals surface area contributed by atoms with Crippen molar-refractivity contribution in [3.63, 3.8) is 0 Å². The van der Waals surface area contributed by atoms with E-state index in [4.69, 9.17) is 5.11 Å². The molecule has 1 atom stereocenters. The highest BCUT2D eigenvalue weighted by Gasteiger charge is 2.22. The van der Waals surface area contributed by atoms with Gasteiger partial charge >= 0.3 is 5.97 Å². The average Bonchev–Trinajstić information content (AvgIpc) is 2.50. The van der Waals surface area contributed by atoms with E-state index in [0.29, 0.717) is 30.4 Å². The van der Waals surface area contributed by atoms with Gasteiger partial charge in [-0.15, -0.1) is 0 Å². The zero-order valence-electron chi connectivity index (χ0n) is 12.4. The van der Waals surface area contributed by atoms with Gasteiger partial charge in [0, 0.05) is 13.1 Å². The molecule has 1 saturated carbocycles. The van der Waals surface area contributed by atoms with Crippen LogP contribution in [0.25, 0.3) is 0 Å². The molecule has 0 bridgehead atoms. The Balaban J connectivity index is 2.22. The number of carboxylic acids is 1. The van der Waals surface area contributed by atoms with E-state index in [9.17, 15) is 14.4 Å². The second kappa shape index (κ2) is 9.65. The predicted molar refractivity (Wildman–Crippen MR) is 82.2 cm³/mol. The van der Waals surface area contributed by atoms with Crippen molar-refractivity contribution in [3.05, 3.63) is 0 Å². The maximum absolute atomic E-state index is 12.1. The summed E-state index contributed by atoms with van der Waals surface area (Å²) < 4.78 is 0. The number of hydrogen-bond acceptors (Lipinski definition) is 4. The van der Waals surface area contributed by atoms with Crippen LogP contribution in [0, 0.1) is 0 Å². The van der Waals surface area contributed by atoms with Crippen molar-refractivity contribution in [2.45, 2.75) is 50.6 Å². The molecule has 0 heterocycles. The molecule has 0 saturated heterocycles. The molecule has 6 nitrogen and oxygen atoms in total. The third-order valence-corrected chi connectivity index (χ3v) is 4.83. The largest absolute Gasteiger partial charge is 0.480 e. The third kappa shape index (κ3) is 6.37. The van der Waals surface area contributed by atoms with Gasteiger partial charge in [0.1, 0.15) is 6.04 Å². The maximum Gasteiger partial charge on any atom is 0.326 e. The molecule has 0 aromatic heterocycles. The van der Waals surface area contributed by atoms with Gasteiger partial charge in [0.2, 0.25) is 12.3 Å². The fourth-order valence-electron chi connectivity index (χ4n) is 2.49. The highest BCUT2D eigenvalue weighted by Crippen LogP contribution is 2.22. The molecule has 2 amide bonds. The van der Waals surface area contributed by atoms with Gasteiger partial charge in [-0.05, 0) is 25.0 Å². The summed E-state index contributed by atoms with van der Waals surface area (Å²) in [4.78, 5) is 35.0. The Morgan fingerprint density at radius 1 is 1.38 bits per heavy atom. The maximum atomic E-state index is 12.1. The summed E-state index contributed by atoms with van der Waals surface area (Å²) in [6.45, 7) is 0. The molecule has 7 heteroatoms. The second-order valence-corrected chi connectivity index (χ2v) is 6.42. The van der Waals surface area contributed by atoms with Crippen LogP contribution < -0.4 is 5.32 Å².